The van der Waals surface area contributed by atoms with E-state index in [2.05, 4.69) is 5.32 Å². The minimum Gasteiger partial charge on any atom is -0.480 e. The number of halogens is 1. The zero-order chi connectivity index (χ0) is 15.6. The lowest BCUT2D eigenvalue weighted by atomic mass is 9.76. The van der Waals surface area contributed by atoms with E-state index < -0.39 is 29.3 Å². The Balaban J connectivity index is 2.18. The molecule has 1 aromatic rings. The molecule has 2 amide bonds. The van der Waals surface area contributed by atoms with E-state index in [-0.39, 0.29) is 0 Å². The van der Waals surface area contributed by atoms with E-state index in [1.54, 1.807) is 6.07 Å². The maximum Gasteiger partial charge on any atom is 0.327 e. The van der Waals surface area contributed by atoms with Crippen molar-refractivity contribution in [1.82, 2.24) is 4.90 Å². The first-order valence-corrected chi connectivity index (χ1v) is 6.87. The fraction of sp³-hybridized carbons (Fsp3) is 0.467. The van der Waals surface area contributed by atoms with Gasteiger partial charge in [0.1, 0.15) is 11.9 Å². The number of nitrogens with zero attached hydrogens (tertiary/aromatic N) is 1. The molecule has 1 unspecified atom stereocenters. The lowest BCUT2D eigenvalue weighted by molar-refractivity contribution is -0.148. The molecule has 1 aliphatic rings. The standard InChI is InChI=1S/C15H19FN2O3/c1-15(2)7-4-8-18(12(15)13(19)20)14(21)17-11-6-3-5-10(16)9-11/h3,5-6,9,12H,4,7-8H2,1-2H3,(H,17,21)(H,19,20). The average molecular weight is 294 g/mol. The number of piperidine rings is 1. The van der Waals surface area contributed by atoms with Crippen LogP contribution in [0.2, 0.25) is 0 Å². The van der Waals surface area contributed by atoms with Crippen molar-refractivity contribution in [3.63, 3.8) is 0 Å². The monoisotopic (exact) mass is 294 g/mol. The van der Waals surface area contributed by atoms with Crippen LogP contribution in [0.1, 0.15) is 26.7 Å². The average Bonchev–Trinajstić information content (AvgIpc) is 2.36. The quantitative estimate of drug-likeness (QED) is 0.881. The number of hydrogen-bond acceptors (Lipinski definition) is 2. The fourth-order valence-electron chi connectivity index (χ4n) is 2.84. The number of nitrogens with one attached hydrogen (secondary N) is 1. The minimum absolute atomic E-state index is 0.313. The number of benzene rings is 1. The fourth-order valence-corrected chi connectivity index (χ4v) is 2.84. The summed E-state index contributed by atoms with van der Waals surface area (Å²) in [4.78, 5) is 25.1. The number of amides is 2. The molecular weight excluding hydrogens is 275 g/mol. The molecule has 0 spiro atoms. The van der Waals surface area contributed by atoms with Crippen LogP contribution in [0.25, 0.3) is 0 Å². The van der Waals surface area contributed by atoms with Crippen LogP contribution in [0, 0.1) is 11.2 Å². The highest BCUT2D eigenvalue weighted by atomic mass is 19.1. The molecule has 0 aliphatic carbocycles. The van der Waals surface area contributed by atoms with Crippen LogP contribution in [-0.2, 0) is 4.79 Å². The summed E-state index contributed by atoms with van der Waals surface area (Å²) in [5.74, 6) is -1.48. The normalized spacial score (nSPS) is 20.9. The van der Waals surface area contributed by atoms with Crippen molar-refractivity contribution >= 4 is 17.7 Å². The lowest BCUT2D eigenvalue weighted by Gasteiger charge is -2.43. The summed E-state index contributed by atoms with van der Waals surface area (Å²) in [7, 11) is 0. The van der Waals surface area contributed by atoms with Crippen LogP contribution in [0.15, 0.2) is 24.3 Å². The number of carbonyl (C=O) groups is 2. The van der Waals surface area contributed by atoms with Crippen LogP contribution in [-0.4, -0.2) is 34.6 Å². The SMILES string of the molecule is CC1(C)CCCN(C(=O)Nc2cccc(F)c2)C1C(=O)O. The summed E-state index contributed by atoms with van der Waals surface area (Å²) in [6, 6.07) is 4.12. The number of likely N-dealkylation sites (tertiary alicyclic amines) is 1. The van der Waals surface area contributed by atoms with Gasteiger partial charge in [-0.25, -0.2) is 14.0 Å². The molecule has 114 valence electrons. The van der Waals surface area contributed by atoms with Crippen molar-refractivity contribution in [3.05, 3.63) is 30.1 Å². The molecule has 0 saturated carbocycles. The molecule has 1 aliphatic heterocycles. The number of hydrogen-bond donors (Lipinski definition) is 2. The number of rotatable bonds is 2. The van der Waals surface area contributed by atoms with Crippen LogP contribution >= 0.6 is 0 Å². The number of urea groups is 1. The molecule has 1 heterocycles. The number of carboxylic acid groups (broad SMARTS) is 1. The van der Waals surface area contributed by atoms with E-state index in [0.717, 1.165) is 12.8 Å². The predicted molar refractivity (Wildman–Crippen MR) is 76.6 cm³/mol. The van der Waals surface area contributed by atoms with E-state index in [4.69, 9.17) is 0 Å². The van der Waals surface area contributed by atoms with Gasteiger partial charge in [0.15, 0.2) is 0 Å². The third kappa shape index (κ3) is 3.32. The van der Waals surface area contributed by atoms with Gasteiger partial charge in [0.25, 0.3) is 0 Å². The predicted octanol–water partition coefficient (Wildman–Crippen LogP) is 2.93. The van der Waals surface area contributed by atoms with Gasteiger partial charge in [0.05, 0.1) is 0 Å². The minimum atomic E-state index is -1.02. The summed E-state index contributed by atoms with van der Waals surface area (Å²) in [5.41, 5.74) is -0.184. The molecule has 0 bridgehead atoms. The zero-order valence-corrected chi connectivity index (χ0v) is 12.1. The summed E-state index contributed by atoms with van der Waals surface area (Å²) in [6.45, 7) is 4.06. The Morgan fingerprint density at radius 1 is 1.43 bits per heavy atom. The molecule has 2 rings (SSSR count). The lowest BCUT2D eigenvalue weighted by Crippen LogP contribution is -2.57. The van der Waals surface area contributed by atoms with E-state index in [9.17, 15) is 19.1 Å². The maximum atomic E-state index is 13.1. The van der Waals surface area contributed by atoms with Crippen LogP contribution in [0.5, 0.6) is 0 Å². The van der Waals surface area contributed by atoms with Gasteiger partial charge in [-0.1, -0.05) is 19.9 Å². The van der Waals surface area contributed by atoms with Crippen molar-refractivity contribution in [2.24, 2.45) is 5.41 Å². The Labute approximate surface area is 122 Å². The van der Waals surface area contributed by atoms with Crippen LogP contribution in [0.4, 0.5) is 14.9 Å². The molecule has 2 N–H and O–H groups in total. The highest BCUT2D eigenvalue weighted by molar-refractivity contribution is 5.92. The molecule has 1 saturated heterocycles. The van der Waals surface area contributed by atoms with Crippen molar-refractivity contribution in [2.75, 3.05) is 11.9 Å². The molecule has 0 radical (unpaired) electrons. The molecule has 1 atom stereocenters. The first-order chi connectivity index (χ1) is 9.81. The number of anilines is 1. The van der Waals surface area contributed by atoms with Crippen LogP contribution < -0.4 is 5.32 Å². The second kappa shape index (κ2) is 5.71. The Kier molecular flexibility index (Phi) is 4.16. The van der Waals surface area contributed by atoms with Crippen molar-refractivity contribution < 1.29 is 19.1 Å². The number of carboxylic acids is 1. The van der Waals surface area contributed by atoms with Gasteiger partial charge in [-0.15, -0.1) is 0 Å². The molecular formula is C15H19FN2O3. The van der Waals surface area contributed by atoms with Gasteiger partial charge in [-0.05, 0) is 36.5 Å². The van der Waals surface area contributed by atoms with E-state index >= 15 is 0 Å². The summed E-state index contributed by atoms with van der Waals surface area (Å²) in [5, 5.41) is 12.0. The molecule has 5 nitrogen and oxygen atoms in total. The van der Waals surface area contributed by atoms with E-state index in [1.807, 2.05) is 13.8 Å². The van der Waals surface area contributed by atoms with Gasteiger partial charge in [0, 0.05) is 12.2 Å². The number of aliphatic carboxylic acids is 1. The third-order valence-electron chi connectivity index (χ3n) is 3.84. The first-order valence-electron chi connectivity index (χ1n) is 6.87. The first kappa shape index (κ1) is 15.3. The van der Waals surface area contributed by atoms with Gasteiger partial charge in [-0.2, -0.15) is 0 Å². The molecule has 1 aromatic carbocycles. The Morgan fingerprint density at radius 2 is 2.14 bits per heavy atom. The molecule has 6 heteroatoms. The van der Waals surface area contributed by atoms with Gasteiger partial charge >= 0.3 is 12.0 Å². The molecule has 21 heavy (non-hydrogen) atoms. The van der Waals surface area contributed by atoms with Gasteiger partial charge in [-0.3, -0.25) is 0 Å². The summed E-state index contributed by atoms with van der Waals surface area (Å²) >= 11 is 0. The molecule has 1 fully saturated rings. The van der Waals surface area contributed by atoms with Gasteiger partial charge in [0.2, 0.25) is 0 Å². The second-order valence-electron chi connectivity index (χ2n) is 5.97. The Hall–Kier alpha value is -2.11. The second-order valence-corrected chi connectivity index (χ2v) is 5.97. The highest BCUT2D eigenvalue weighted by Gasteiger charge is 2.44. The summed E-state index contributed by atoms with van der Waals surface area (Å²) < 4.78 is 13.1. The number of carbonyl (C=O) groups excluding carboxylic acids is 1. The summed E-state index contributed by atoms with van der Waals surface area (Å²) in [6.07, 6.45) is 1.49. The Bertz CT molecular complexity index is 560. The smallest absolute Gasteiger partial charge is 0.327 e. The third-order valence-corrected chi connectivity index (χ3v) is 3.84. The van der Waals surface area contributed by atoms with E-state index in [1.165, 1.54) is 23.1 Å². The van der Waals surface area contributed by atoms with Crippen molar-refractivity contribution in [2.45, 2.75) is 32.7 Å². The largest absolute Gasteiger partial charge is 0.480 e. The van der Waals surface area contributed by atoms with Gasteiger partial charge < -0.3 is 15.3 Å². The van der Waals surface area contributed by atoms with Crippen molar-refractivity contribution in [1.29, 1.82) is 0 Å². The zero-order valence-electron chi connectivity index (χ0n) is 12.1. The van der Waals surface area contributed by atoms with E-state index in [0.29, 0.717) is 12.2 Å². The van der Waals surface area contributed by atoms with Crippen molar-refractivity contribution in [3.8, 4) is 0 Å². The topological polar surface area (TPSA) is 69.6 Å². The maximum absolute atomic E-state index is 13.1. The Morgan fingerprint density at radius 3 is 2.76 bits per heavy atom. The molecule has 0 aromatic heterocycles. The van der Waals surface area contributed by atoms with Crippen LogP contribution in [0.3, 0.4) is 0 Å². The highest BCUT2D eigenvalue weighted by Crippen LogP contribution is 2.35.